The molecule has 1 N–H and O–H groups in total. The van der Waals surface area contributed by atoms with Crippen LogP contribution in [-0.2, 0) is 0 Å². The summed E-state index contributed by atoms with van der Waals surface area (Å²) in [6.07, 6.45) is 1.54. The van der Waals surface area contributed by atoms with Crippen molar-refractivity contribution >= 4 is 39.1 Å². The molecule has 2 rings (SSSR count). The standard InChI is InChI=1S/C14H12BrClN2O/c1-8-3-4-11(12(15)5-8)14(19)18-10-6-9(2)13(16)17-7-10/h3-7H,1-2H3,(H,18,19). The van der Waals surface area contributed by atoms with E-state index in [1.165, 1.54) is 6.20 Å². The quantitative estimate of drug-likeness (QED) is 0.826. The van der Waals surface area contributed by atoms with Gasteiger partial charge in [-0.25, -0.2) is 4.98 Å². The molecule has 98 valence electrons. The van der Waals surface area contributed by atoms with E-state index in [4.69, 9.17) is 11.6 Å². The Morgan fingerprint density at radius 3 is 2.68 bits per heavy atom. The Kier molecular flexibility index (Phi) is 4.22. The number of halogens is 2. The zero-order valence-corrected chi connectivity index (χ0v) is 12.8. The zero-order chi connectivity index (χ0) is 14.0. The van der Waals surface area contributed by atoms with Gasteiger partial charge in [0.15, 0.2) is 0 Å². The van der Waals surface area contributed by atoms with Crippen LogP contribution in [0.3, 0.4) is 0 Å². The fourth-order valence-corrected chi connectivity index (χ4v) is 2.41. The van der Waals surface area contributed by atoms with E-state index in [0.717, 1.165) is 15.6 Å². The number of hydrogen-bond donors (Lipinski definition) is 1. The maximum absolute atomic E-state index is 12.1. The number of amides is 1. The van der Waals surface area contributed by atoms with E-state index >= 15 is 0 Å². The molecule has 0 aliphatic carbocycles. The summed E-state index contributed by atoms with van der Waals surface area (Å²) in [5.74, 6) is -0.185. The lowest BCUT2D eigenvalue weighted by Crippen LogP contribution is -2.13. The number of carbonyl (C=O) groups excluding carboxylic acids is 1. The van der Waals surface area contributed by atoms with Gasteiger partial charge in [0.25, 0.3) is 5.91 Å². The summed E-state index contributed by atoms with van der Waals surface area (Å²) in [6, 6.07) is 7.37. The van der Waals surface area contributed by atoms with Gasteiger partial charge in [0, 0.05) is 4.47 Å². The Bertz CT molecular complexity index is 643. The molecule has 2 aromatic rings. The molecule has 1 aromatic carbocycles. The third kappa shape index (κ3) is 3.33. The predicted molar refractivity (Wildman–Crippen MR) is 80.8 cm³/mol. The average molecular weight is 340 g/mol. The maximum atomic E-state index is 12.1. The molecular weight excluding hydrogens is 328 g/mol. The molecule has 1 heterocycles. The van der Waals surface area contributed by atoms with Crippen LogP contribution in [0.1, 0.15) is 21.5 Å². The van der Waals surface area contributed by atoms with Crippen LogP contribution in [0.5, 0.6) is 0 Å². The van der Waals surface area contributed by atoms with Crippen molar-refractivity contribution in [1.29, 1.82) is 0 Å². The lowest BCUT2D eigenvalue weighted by atomic mass is 10.1. The van der Waals surface area contributed by atoms with Crippen molar-refractivity contribution in [3.8, 4) is 0 Å². The number of carbonyl (C=O) groups is 1. The molecule has 0 fully saturated rings. The zero-order valence-electron chi connectivity index (χ0n) is 10.5. The van der Waals surface area contributed by atoms with Gasteiger partial charge in [-0.15, -0.1) is 0 Å². The predicted octanol–water partition coefficient (Wildman–Crippen LogP) is 4.37. The first kappa shape index (κ1) is 14.0. The maximum Gasteiger partial charge on any atom is 0.256 e. The van der Waals surface area contributed by atoms with Gasteiger partial charge in [0.1, 0.15) is 5.15 Å². The topological polar surface area (TPSA) is 42.0 Å². The summed E-state index contributed by atoms with van der Waals surface area (Å²) >= 11 is 9.24. The third-order valence-corrected chi connectivity index (χ3v) is 3.69. The lowest BCUT2D eigenvalue weighted by Gasteiger charge is -2.08. The highest BCUT2D eigenvalue weighted by atomic mass is 79.9. The summed E-state index contributed by atoms with van der Waals surface area (Å²) < 4.78 is 0.767. The van der Waals surface area contributed by atoms with E-state index < -0.39 is 0 Å². The van der Waals surface area contributed by atoms with E-state index in [1.807, 2.05) is 26.0 Å². The van der Waals surface area contributed by atoms with Crippen molar-refractivity contribution in [2.75, 3.05) is 5.32 Å². The molecule has 0 spiro atoms. The number of nitrogens with zero attached hydrogens (tertiary/aromatic N) is 1. The molecule has 5 heteroatoms. The smallest absolute Gasteiger partial charge is 0.256 e. The molecule has 1 amide bonds. The SMILES string of the molecule is Cc1ccc(C(=O)Nc2cnc(Cl)c(C)c2)c(Br)c1. The molecule has 0 aliphatic heterocycles. The van der Waals surface area contributed by atoms with Crippen molar-refractivity contribution < 1.29 is 4.79 Å². The fraction of sp³-hybridized carbons (Fsp3) is 0.143. The number of pyridine rings is 1. The largest absolute Gasteiger partial charge is 0.321 e. The van der Waals surface area contributed by atoms with Crippen LogP contribution in [0, 0.1) is 13.8 Å². The van der Waals surface area contributed by atoms with Gasteiger partial charge in [-0.1, -0.05) is 17.7 Å². The van der Waals surface area contributed by atoms with Crippen molar-refractivity contribution in [3.05, 3.63) is 56.8 Å². The van der Waals surface area contributed by atoms with Gasteiger partial charge < -0.3 is 5.32 Å². The van der Waals surface area contributed by atoms with Crippen LogP contribution in [0.25, 0.3) is 0 Å². The normalized spacial score (nSPS) is 10.3. The Hall–Kier alpha value is -1.39. The number of rotatable bonds is 2. The molecule has 1 aromatic heterocycles. The van der Waals surface area contributed by atoms with Crippen molar-refractivity contribution in [2.45, 2.75) is 13.8 Å². The van der Waals surface area contributed by atoms with Crippen molar-refractivity contribution in [2.24, 2.45) is 0 Å². The van der Waals surface area contributed by atoms with E-state index in [9.17, 15) is 4.79 Å². The number of aryl methyl sites for hydroxylation is 2. The third-order valence-electron chi connectivity index (χ3n) is 2.64. The molecule has 0 aliphatic rings. The number of benzene rings is 1. The summed E-state index contributed by atoms with van der Waals surface area (Å²) in [6.45, 7) is 3.81. The highest BCUT2D eigenvalue weighted by Gasteiger charge is 2.11. The number of anilines is 1. The number of nitrogens with one attached hydrogen (secondary N) is 1. The van der Waals surface area contributed by atoms with Gasteiger partial charge in [-0.3, -0.25) is 4.79 Å². The molecular formula is C14H12BrClN2O. The van der Waals surface area contributed by atoms with Gasteiger partial charge in [-0.05, 0) is 59.1 Å². The summed E-state index contributed by atoms with van der Waals surface area (Å²) in [7, 11) is 0. The van der Waals surface area contributed by atoms with E-state index in [0.29, 0.717) is 16.4 Å². The van der Waals surface area contributed by atoms with E-state index in [-0.39, 0.29) is 5.91 Å². The van der Waals surface area contributed by atoms with Crippen molar-refractivity contribution in [1.82, 2.24) is 4.98 Å². The lowest BCUT2D eigenvalue weighted by molar-refractivity contribution is 0.102. The van der Waals surface area contributed by atoms with Crippen LogP contribution in [0.2, 0.25) is 5.15 Å². The second kappa shape index (κ2) is 5.72. The fourth-order valence-electron chi connectivity index (χ4n) is 1.63. The van der Waals surface area contributed by atoms with E-state index in [2.05, 4.69) is 26.2 Å². The average Bonchev–Trinajstić information content (AvgIpc) is 2.33. The number of aromatic nitrogens is 1. The molecule has 0 saturated heterocycles. The molecule has 3 nitrogen and oxygen atoms in total. The van der Waals surface area contributed by atoms with Crippen LogP contribution < -0.4 is 5.32 Å². The molecule has 0 saturated carbocycles. The Balaban J connectivity index is 2.23. The molecule has 0 bridgehead atoms. The second-order valence-corrected chi connectivity index (χ2v) is 5.48. The van der Waals surface area contributed by atoms with Crippen LogP contribution in [0.15, 0.2) is 34.9 Å². The highest BCUT2D eigenvalue weighted by Crippen LogP contribution is 2.21. The Labute approximate surface area is 125 Å². The second-order valence-electron chi connectivity index (χ2n) is 4.27. The summed E-state index contributed by atoms with van der Waals surface area (Å²) in [5.41, 5.74) is 3.12. The molecule has 19 heavy (non-hydrogen) atoms. The minimum absolute atomic E-state index is 0.185. The molecule has 0 atom stereocenters. The molecule has 0 unspecified atom stereocenters. The minimum atomic E-state index is -0.185. The van der Waals surface area contributed by atoms with Gasteiger partial charge >= 0.3 is 0 Å². The van der Waals surface area contributed by atoms with E-state index in [1.54, 1.807) is 12.1 Å². The highest BCUT2D eigenvalue weighted by molar-refractivity contribution is 9.10. The summed E-state index contributed by atoms with van der Waals surface area (Å²) in [4.78, 5) is 16.1. The van der Waals surface area contributed by atoms with Gasteiger partial charge in [0.05, 0.1) is 17.4 Å². The Morgan fingerprint density at radius 1 is 1.32 bits per heavy atom. The monoisotopic (exact) mass is 338 g/mol. The first-order chi connectivity index (χ1) is 8.97. The summed E-state index contributed by atoms with van der Waals surface area (Å²) in [5, 5.41) is 3.24. The molecule has 0 radical (unpaired) electrons. The van der Waals surface area contributed by atoms with Crippen LogP contribution in [-0.4, -0.2) is 10.9 Å². The first-order valence-corrected chi connectivity index (χ1v) is 6.84. The van der Waals surface area contributed by atoms with Crippen molar-refractivity contribution in [3.63, 3.8) is 0 Å². The van der Waals surface area contributed by atoms with Gasteiger partial charge in [0.2, 0.25) is 0 Å². The Morgan fingerprint density at radius 2 is 2.05 bits per heavy atom. The van der Waals surface area contributed by atoms with Crippen LogP contribution >= 0.6 is 27.5 Å². The first-order valence-electron chi connectivity index (χ1n) is 5.67. The van der Waals surface area contributed by atoms with Crippen LogP contribution in [0.4, 0.5) is 5.69 Å². The minimum Gasteiger partial charge on any atom is -0.321 e. The van der Waals surface area contributed by atoms with Gasteiger partial charge in [-0.2, -0.15) is 0 Å². The number of hydrogen-bond acceptors (Lipinski definition) is 2.